The fourth-order valence-corrected chi connectivity index (χ4v) is 2.53. The molecule has 0 aliphatic heterocycles. The second kappa shape index (κ2) is 7.08. The summed E-state index contributed by atoms with van der Waals surface area (Å²) in [5, 5.41) is 14.1. The third-order valence-electron chi connectivity index (χ3n) is 3.80. The van der Waals surface area contributed by atoms with Gasteiger partial charge in [-0.15, -0.1) is 0 Å². The maximum atomic E-state index is 12.1. The average Bonchev–Trinajstić information content (AvgIpc) is 3.19. The topological polar surface area (TPSA) is 111 Å². The minimum atomic E-state index is -0.170. The van der Waals surface area contributed by atoms with Crippen LogP contribution in [0.4, 0.5) is 5.82 Å². The molecular formula is C17H20N6O2. The summed E-state index contributed by atoms with van der Waals surface area (Å²) in [5.41, 5.74) is 9.30. The van der Waals surface area contributed by atoms with E-state index in [4.69, 9.17) is 10.5 Å². The highest BCUT2D eigenvalue weighted by atomic mass is 16.5. The van der Waals surface area contributed by atoms with Gasteiger partial charge in [-0.3, -0.25) is 9.89 Å². The summed E-state index contributed by atoms with van der Waals surface area (Å²) in [6, 6.07) is 9.35. The van der Waals surface area contributed by atoms with Crippen molar-refractivity contribution in [2.45, 2.75) is 20.0 Å². The Balaban J connectivity index is 1.64. The Bertz CT molecular complexity index is 866. The first kappa shape index (κ1) is 16.6. The van der Waals surface area contributed by atoms with Crippen LogP contribution in [-0.4, -0.2) is 33.0 Å². The summed E-state index contributed by atoms with van der Waals surface area (Å²) >= 11 is 0. The van der Waals surface area contributed by atoms with E-state index in [1.165, 1.54) is 4.68 Å². The average molecular weight is 340 g/mol. The molecule has 8 heteroatoms. The molecule has 0 unspecified atom stereocenters. The summed E-state index contributed by atoms with van der Waals surface area (Å²) in [5.74, 6) is 1.08. The molecule has 0 bridgehead atoms. The Hall–Kier alpha value is -3.29. The van der Waals surface area contributed by atoms with Crippen molar-refractivity contribution in [3.05, 3.63) is 47.8 Å². The van der Waals surface area contributed by atoms with Crippen molar-refractivity contribution >= 4 is 11.7 Å². The number of H-pyrrole nitrogens is 1. The number of anilines is 1. The summed E-state index contributed by atoms with van der Waals surface area (Å²) < 4.78 is 6.64. The van der Waals surface area contributed by atoms with Gasteiger partial charge in [0, 0.05) is 23.7 Å². The van der Waals surface area contributed by atoms with Crippen molar-refractivity contribution in [2.75, 3.05) is 12.8 Å². The van der Waals surface area contributed by atoms with Gasteiger partial charge in [0.15, 0.2) is 0 Å². The summed E-state index contributed by atoms with van der Waals surface area (Å²) in [4.78, 5) is 12.1. The molecule has 0 spiro atoms. The van der Waals surface area contributed by atoms with Gasteiger partial charge in [-0.05, 0) is 31.2 Å². The van der Waals surface area contributed by atoms with E-state index in [0.717, 1.165) is 28.3 Å². The van der Waals surface area contributed by atoms with Crippen LogP contribution in [0.2, 0.25) is 0 Å². The lowest BCUT2D eigenvalue weighted by Gasteiger charge is -2.08. The third-order valence-corrected chi connectivity index (χ3v) is 3.80. The zero-order valence-corrected chi connectivity index (χ0v) is 14.1. The van der Waals surface area contributed by atoms with Crippen LogP contribution in [0.1, 0.15) is 11.3 Å². The molecule has 8 nitrogen and oxygen atoms in total. The van der Waals surface area contributed by atoms with E-state index in [9.17, 15) is 4.79 Å². The minimum Gasteiger partial charge on any atom is -0.497 e. The Morgan fingerprint density at radius 1 is 1.36 bits per heavy atom. The van der Waals surface area contributed by atoms with Crippen molar-refractivity contribution in [2.24, 2.45) is 0 Å². The largest absolute Gasteiger partial charge is 0.497 e. The van der Waals surface area contributed by atoms with Crippen LogP contribution >= 0.6 is 0 Å². The maximum Gasteiger partial charge on any atom is 0.242 e. The predicted molar refractivity (Wildman–Crippen MR) is 93.8 cm³/mol. The van der Waals surface area contributed by atoms with Crippen molar-refractivity contribution in [3.63, 3.8) is 0 Å². The first-order chi connectivity index (χ1) is 12.1. The number of hydrogen-bond donors (Lipinski definition) is 3. The van der Waals surface area contributed by atoms with Gasteiger partial charge < -0.3 is 15.8 Å². The molecule has 0 saturated carbocycles. The van der Waals surface area contributed by atoms with E-state index in [2.05, 4.69) is 20.6 Å². The molecule has 2 heterocycles. The van der Waals surface area contributed by atoms with E-state index < -0.39 is 0 Å². The molecule has 0 aliphatic rings. The maximum absolute atomic E-state index is 12.1. The second-order valence-corrected chi connectivity index (χ2v) is 5.64. The zero-order valence-electron chi connectivity index (χ0n) is 14.1. The van der Waals surface area contributed by atoms with Gasteiger partial charge in [0.25, 0.3) is 0 Å². The molecule has 130 valence electrons. The number of nitrogen functional groups attached to an aromatic ring is 1. The van der Waals surface area contributed by atoms with Crippen molar-refractivity contribution < 1.29 is 9.53 Å². The number of amides is 1. The zero-order chi connectivity index (χ0) is 17.8. The number of nitrogens with two attached hydrogens (primary N) is 1. The number of carbonyl (C=O) groups is 1. The number of rotatable bonds is 6. The fraction of sp³-hybridized carbons (Fsp3) is 0.235. The number of nitrogens with zero attached hydrogens (tertiary/aromatic N) is 3. The Labute approximate surface area is 145 Å². The van der Waals surface area contributed by atoms with E-state index in [0.29, 0.717) is 12.4 Å². The van der Waals surface area contributed by atoms with Crippen LogP contribution in [0.3, 0.4) is 0 Å². The molecule has 0 saturated heterocycles. The van der Waals surface area contributed by atoms with Crippen molar-refractivity contribution in [1.29, 1.82) is 0 Å². The van der Waals surface area contributed by atoms with Crippen LogP contribution in [0.15, 0.2) is 36.5 Å². The molecule has 0 radical (unpaired) electrons. The number of aromatic nitrogens is 4. The molecule has 0 fully saturated rings. The molecule has 1 aromatic carbocycles. The van der Waals surface area contributed by atoms with Gasteiger partial charge in [-0.1, -0.05) is 0 Å². The smallest absolute Gasteiger partial charge is 0.242 e. The second-order valence-electron chi connectivity index (χ2n) is 5.64. The lowest BCUT2D eigenvalue weighted by molar-refractivity contribution is -0.121. The number of carbonyl (C=O) groups excluding carboxylic acids is 1. The summed E-state index contributed by atoms with van der Waals surface area (Å²) in [6.07, 6.45) is 1.70. The van der Waals surface area contributed by atoms with Crippen LogP contribution in [0, 0.1) is 6.92 Å². The van der Waals surface area contributed by atoms with Crippen LogP contribution in [-0.2, 0) is 17.9 Å². The van der Waals surface area contributed by atoms with Crippen LogP contribution < -0.4 is 15.8 Å². The van der Waals surface area contributed by atoms with Gasteiger partial charge >= 0.3 is 0 Å². The monoisotopic (exact) mass is 340 g/mol. The molecular weight excluding hydrogens is 320 g/mol. The fourth-order valence-electron chi connectivity index (χ4n) is 2.53. The standard InChI is InChI=1S/C17H20N6O2/c1-11-7-15(18)23(22-11)10-16(24)19-8-13-9-20-21-17(13)12-3-5-14(25-2)6-4-12/h3-7,9H,8,10,18H2,1-2H3,(H,19,24)(H,20,21). The molecule has 3 aromatic rings. The Morgan fingerprint density at radius 3 is 2.76 bits per heavy atom. The molecule has 2 aromatic heterocycles. The lowest BCUT2D eigenvalue weighted by Crippen LogP contribution is -2.28. The first-order valence-electron chi connectivity index (χ1n) is 7.80. The number of ether oxygens (including phenoxy) is 1. The minimum absolute atomic E-state index is 0.0788. The van der Waals surface area contributed by atoms with Crippen LogP contribution in [0.5, 0.6) is 5.75 Å². The first-order valence-corrected chi connectivity index (χ1v) is 7.80. The quantitative estimate of drug-likeness (QED) is 0.629. The number of nitrogens with one attached hydrogen (secondary N) is 2. The summed E-state index contributed by atoms with van der Waals surface area (Å²) in [6.45, 7) is 2.27. The Morgan fingerprint density at radius 2 is 2.12 bits per heavy atom. The molecule has 3 rings (SSSR count). The SMILES string of the molecule is COc1ccc(-c2[nH]ncc2CNC(=O)Cn2nc(C)cc2N)cc1. The van der Waals surface area contributed by atoms with Gasteiger partial charge in [0.05, 0.1) is 24.7 Å². The highest BCUT2D eigenvalue weighted by molar-refractivity contribution is 5.76. The number of aromatic amines is 1. The number of hydrogen-bond acceptors (Lipinski definition) is 5. The van der Waals surface area contributed by atoms with Gasteiger partial charge in [-0.2, -0.15) is 10.2 Å². The number of benzene rings is 1. The normalized spacial score (nSPS) is 10.6. The third kappa shape index (κ3) is 3.79. The van der Waals surface area contributed by atoms with Crippen molar-refractivity contribution in [1.82, 2.24) is 25.3 Å². The highest BCUT2D eigenvalue weighted by Gasteiger charge is 2.11. The highest BCUT2D eigenvalue weighted by Crippen LogP contribution is 2.23. The molecule has 0 aliphatic carbocycles. The summed E-state index contributed by atoms with van der Waals surface area (Å²) in [7, 11) is 1.63. The molecule has 4 N–H and O–H groups in total. The molecule has 0 atom stereocenters. The van der Waals surface area contributed by atoms with E-state index in [1.54, 1.807) is 19.4 Å². The van der Waals surface area contributed by atoms with Crippen LogP contribution in [0.25, 0.3) is 11.3 Å². The van der Waals surface area contributed by atoms with Crippen molar-refractivity contribution in [3.8, 4) is 17.0 Å². The van der Waals surface area contributed by atoms with E-state index in [1.807, 2.05) is 31.2 Å². The van der Waals surface area contributed by atoms with Gasteiger partial charge in [0.2, 0.25) is 5.91 Å². The van der Waals surface area contributed by atoms with Gasteiger partial charge in [-0.25, -0.2) is 4.68 Å². The molecule has 25 heavy (non-hydrogen) atoms. The van der Waals surface area contributed by atoms with E-state index >= 15 is 0 Å². The Kier molecular flexibility index (Phi) is 4.69. The van der Waals surface area contributed by atoms with E-state index in [-0.39, 0.29) is 12.5 Å². The van der Waals surface area contributed by atoms with Gasteiger partial charge in [0.1, 0.15) is 18.1 Å². The lowest BCUT2D eigenvalue weighted by atomic mass is 10.1. The number of methoxy groups -OCH3 is 1. The predicted octanol–water partition coefficient (Wildman–Crippen LogP) is 1.49. The number of aryl methyl sites for hydroxylation is 1. The molecule has 1 amide bonds.